The van der Waals surface area contributed by atoms with Gasteiger partial charge in [0.05, 0.1) is 18.3 Å². The van der Waals surface area contributed by atoms with Gasteiger partial charge in [0.2, 0.25) is 0 Å². The second kappa shape index (κ2) is 5.34. The summed E-state index contributed by atoms with van der Waals surface area (Å²) in [5.41, 5.74) is 5.97. The van der Waals surface area contributed by atoms with Crippen LogP contribution in [0.4, 0.5) is 11.4 Å². The van der Waals surface area contributed by atoms with E-state index >= 15 is 0 Å². The van der Waals surface area contributed by atoms with Gasteiger partial charge in [-0.05, 0) is 55.2 Å². The zero-order valence-electron chi connectivity index (χ0n) is 12.6. The molecule has 3 aromatic rings. The van der Waals surface area contributed by atoms with Gasteiger partial charge in [-0.25, -0.2) is 0 Å². The lowest BCUT2D eigenvalue weighted by molar-refractivity contribution is 0.415. The maximum absolute atomic E-state index is 5.23. The van der Waals surface area contributed by atoms with Crippen LogP contribution >= 0.6 is 0 Å². The van der Waals surface area contributed by atoms with Crippen molar-refractivity contribution in [1.82, 2.24) is 4.98 Å². The second-order valence-corrected chi connectivity index (χ2v) is 5.64. The first kappa shape index (κ1) is 13.1. The van der Waals surface area contributed by atoms with Gasteiger partial charge < -0.3 is 10.1 Å². The number of hydrogen-bond donors (Lipinski definition) is 1. The molecule has 0 radical (unpaired) electrons. The van der Waals surface area contributed by atoms with Gasteiger partial charge in [0.25, 0.3) is 0 Å². The Morgan fingerprint density at radius 1 is 1.00 bits per heavy atom. The maximum atomic E-state index is 5.23. The van der Waals surface area contributed by atoms with Crippen LogP contribution < -0.4 is 10.1 Å². The van der Waals surface area contributed by atoms with E-state index in [1.54, 1.807) is 7.11 Å². The molecule has 2 aromatic carbocycles. The monoisotopic (exact) mass is 290 g/mol. The summed E-state index contributed by atoms with van der Waals surface area (Å²) >= 11 is 0. The summed E-state index contributed by atoms with van der Waals surface area (Å²) < 4.78 is 5.23. The third kappa shape index (κ3) is 2.19. The average Bonchev–Trinajstić information content (AvgIpc) is 3.03. The molecule has 1 heterocycles. The summed E-state index contributed by atoms with van der Waals surface area (Å²) in [7, 11) is 1.69. The number of nitrogens with one attached hydrogen (secondary N) is 1. The Morgan fingerprint density at radius 2 is 1.82 bits per heavy atom. The molecular formula is C19H18N2O. The van der Waals surface area contributed by atoms with E-state index in [1.165, 1.54) is 28.8 Å². The number of aromatic nitrogens is 1. The fourth-order valence-electron chi connectivity index (χ4n) is 3.17. The first-order valence-electron chi connectivity index (χ1n) is 7.67. The molecular weight excluding hydrogens is 272 g/mol. The number of ether oxygens (including phenoxy) is 1. The number of nitrogens with zero attached hydrogens (tertiary/aromatic N) is 1. The summed E-state index contributed by atoms with van der Waals surface area (Å²) in [4.78, 5) is 4.83. The van der Waals surface area contributed by atoms with E-state index in [0.29, 0.717) is 0 Å². The average molecular weight is 290 g/mol. The van der Waals surface area contributed by atoms with Gasteiger partial charge >= 0.3 is 0 Å². The Balaban J connectivity index is 1.82. The van der Waals surface area contributed by atoms with Crippen molar-refractivity contribution in [2.75, 3.05) is 12.4 Å². The van der Waals surface area contributed by atoms with Crippen LogP contribution in [-0.2, 0) is 12.8 Å². The van der Waals surface area contributed by atoms with E-state index in [-0.39, 0.29) is 0 Å². The minimum atomic E-state index is 0.871. The van der Waals surface area contributed by atoms with Gasteiger partial charge in [-0.2, -0.15) is 0 Å². The highest BCUT2D eigenvalue weighted by molar-refractivity contribution is 5.95. The number of benzene rings is 2. The van der Waals surface area contributed by atoms with Gasteiger partial charge in [0.1, 0.15) is 5.75 Å². The smallest absolute Gasteiger partial charge is 0.119 e. The molecule has 22 heavy (non-hydrogen) atoms. The highest BCUT2D eigenvalue weighted by Gasteiger charge is 2.19. The molecule has 0 atom stereocenters. The van der Waals surface area contributed by atoms with Crippen molar-refractivity contribution in [3.05, 3.63) is 59.8 Å². The summed E-state index contributed by atoms with van der Waals surface area (Å²) in [5.74, 6) is 0.871. The Labute approximate surface area is 130 Å². The maximum Gasteiger partial charge on any atom is 0.119 e. The Morgan fingerprint density at radius 3 is 2.64 bits per heavy atom. The zero-order chi connectivity index (χ0) is 14.9. The van der Waals surface area contributed by atoms with Gasteiger partial charge in [-0.1, -0.05) is 18.2 Å². The van der Waals surface area contributed by atoms with E-state index in [4.69, 9.17) is 9.72 Å². The Kier molecular flexibility index (Phi) is 3.19. The number of para-hydroxylation sites is 1. The number of rotatable bonds is 3. The molecule has 110 valence electrons. The first-order chi connectivity index (χ1) is 10.8. The lowest BCUT2D eigenvalue weighted by atomic mass is 10.1. The van der Waals surface area contributed by atoms with E-state index in [0.717, 1.165) is 29.8 Å². The van der Waals surface area contributed by atoms with Crippen molar-refractivity contribution in [1.29, 1.82) is 0 Å². The molecule has 0 saturated heterocycles. The summed E-state index contributed by atoms with van der Waals surface area (Å²) in [6, 6.07) is 16.4. The third-order valence-corrected chi connectivity index (χ3v) is 4.28. The highest BCUT2D eigenvalue weighted by Crippen LogP contribution is 2.35. The molecule has 3 heteroatoms. The van der Waals surface area contributed by atoms with Crippen molar-refractivity contribution in [3.63, 3.8) is 0 Å². The number of hydrogen-bond acceptors (Lipinski definition) is 3. The summed E-state index contributed by atoms with van der Waals surface area (Å²) in [5, 5.41) is 4.80. The van der Waals surface area contributed by atoms with E-state index in [2.05, 4.69) is 35.6 Å². The fourth-order valence-corrected chi connectivity index (χ4v) is 3.17. The summed E-state index contributed by atoms with van der Waals surface area (Å²) in [6.45, 7) is 0. The molecule has 3 nitrogen and oxygen atoms in total. The van der Waals surface area contributed by atoms with Crippen LogP contribution in [0, 0.1) is 0 Å². The fraction of sp³-hybridized carbons (Fsp3) is 0.211. The molecule has 1 aliphatic rings. The van der Waals surface area contributed by atoms with Crippen molar-refractivity contribution in [2.24, 2.45) is 0 Å². The first-order valence-corrected chi connectivity index (χ1v) is 7.67. The molecule has 0 spiro atoms. The predicted molar refractivity (Wildman–Crippen MR) is 90.0 cm³/mol. The molecule has 0 amide bonds. The van der Waals surface area contributed by atoms with Crippen LogP contribution in [0.1, 0.15) is 17.7 Å². The van der Waals surface area contributed by atoms with Crippen LogP contribution in [0.2, 0.25) is 0 Å². The number of pyridine rings is 1. The van der Waals surface area contributed by atoms with Crippen molar-refractivity contribution < 1.29 is 4.74 Å². The van der Waals surface area contributed by atoms with Gasteiger partial charge in [0.15, 0.2) is 0 Å². The van der Waals surface area contributed by atoms with Crippen molar-refractivity contribution in [2.45, 2.75) is 19.3 Å². The Hall–Kier alpha value is -2.55. The molecule has 4 rings (SSSR count). The number of fused-ring (bicyclic) bond motifs is 2. The van der Waals surface area contributed by atoms with E-state index in [9.17, 15) is 0 Å². The SMILES string of the molecule is COc1ccc(Nc2c3c(nc4ccccc24)CCC3)cc1. The molecule has 1 aliphatic carbocycles. The topological polar surface area (TPSA) is 34.1 Å². The predicted octanol–water partition coefficient (Wildman–Crippen LogP) is 4.48. The molecule has 0 fully saturated rings. The van der Waals surface area contributed by atoms with Crippen LogP contribution in [0.5, 0.6) is 5.75 Å². The quantitative estimate of drug-likeness (QED) is 0.772. The number of aryl methyl sites for hydroxylation is 1. The molecule has 1 N–H and O–H groups in total. The van der Waals surface area contributed by atoms with Crippen molar-refractivity contribution in [3.8, 4) is 5.75 Å². The van der Waals surface area contributed by atoms with Crippen LogP contribution in [-0.4, -0.2) is 12.1 Å². The Bertz CT molecular complexity index is 825. The van der Waals surface area contributed by atoms with E-state index < -0.39 is 0 Å². The minimum absolute atomic E-state index is 0.871. The minimum Gasteiger partial charge on any atom is -0.497 e. The largest absolute Gasteiger partial charge is 0.497 e. The standard InChI is InChI=1S/C19H18N2O/c1-22-14-11-9-13(10-12-14)20-19-15-5-2-3-7-17(15)21-18-8-4-6-16(18)19/h2-3,5,7,9-12H,4,6,8H2,1H3,(H,20,21). The molecule has 0 aliphatic heterocycles. The lowest BCUT2D eigenvalue weighted by Crippen LogP contribution is -1.99. The third-order valence-electron chi connectivity index (χ3n) is 4.28. The number of methoxy groups -OCH3 is 1. The van der Waals surface area contributed by atoms with Gasteiger partial charge in [-0.3, -0.25) is 4.98 Å². The van der Waals surface area contributed by atoms with Crippen LogP contribution in [0.25, 0.3) is 10.9 Å². The lowest BCUT2D eigenvalue weighted by Gasteiger charge is -2.15. The molecule has 1 aromatic heterocycles. The van der Waals surface area contributed by atoms with Crippen LogP contribution in [0.15, 0.2) is 48.5 Å². The highest BCUT2D eigenvalue weighted by atomic mass is 16.5. The van der Waals surface area contributed by atoms with Crippen LogP contribution in [0.3, 0.4) is 0 Å². The van der Waals surface area contributed by atoms with Gasteiger partial charge in [-0.15, -0.1) is 0 Å². The summed E-state index contributed by atoms with van der Waals surface area (Å²) in [6.07, 6.45) is 3.37. The van der Waals surface area contributed by atoms with Gasteiger partial charge in [0, 0.05) is 16.8 Å². The second-order valence-electron chi connectivity index (χ2n) is 5.64. The molecule has 0 unspecified atom stereocenters. The molecule has 0 bridgehead atoms. The molecule has 0 saturated carbocycles. The van der Waals surface area contributed by atoms with E-state index in [1.807, 2.05) is 18.2 Å². The normalized spacial score (nSPS) is 13.1. The number of anilines is 2. The zero-order valence-corrected chi connectivity index (χ0v) is 12.6. The van der Waals surface area contributed by atoms with Crippen molar-refractivity contribution >= 4 is 22.3 Å².